The second-order valence-corrected chi connectivity index (χ2v) is 8.22. The van der Waals surface area contributed by atoms with Gasteiger partial charge >= 0.3 is 0 Å². The fourth-order valence-electron chi connectivity index (χ4n) is 3.75. The maximum Gasteiger partial charge on any atom is 0.0368 e. The molecule has 0 spiro atoms. The molecule has 0 radical (unpaired) electrons. The number of hydrogen-bond donors (Lipinski definition) is 0. The molecule has 3 heterocycles. The van der Waals surface area contributed by atoms with Gasteiger partial charge in [-0.05, 0) is 35.2 Å². The van der Waals surface area contributed by atoms with Crippen molar-refractivity contribution in [3.05, 3.63) is 67.0 Å². The van der Waals surface area contributed by atoms with Gasteiger partial charge in [0.05, 0.1) is 0 Å². The third-order valence-corrected chi connectivity index (χ3v) is 7.01. The van der Waals surface area contributed by atoms with Crippen molar-refractivity contribution in [1.29, 1.82) is 0 Å². The summed E-state index contributed by atoms with van der Waals surface area (Å²) in [7, 11) is 0. The topological polar surface area (TPSA) is 12.9 Å². The van der Waals surface area contributed by atoms with Crippen molar-refractivity contribution in [1.82, 2.24) is 4.98 Å². The summed E-state index contributed by atoms with van der Waals surface area (Å²) in [5, 5.41) is 5.49. The lowest BCUT2D eigenvalue weighted by atomic mass is 9.95. The molecule has 2 aromatic heterocycles. The van der Waals surface area contributed by atoms with Crippen LogP contribution in [0.5, 0.6) is 0 Å². The summed E-state index contributed by atoms with van der Waals surface area (Å²) in [5.74, 6) is 0. The summed E-state index contributed by atoms with van der Waals surface area (Å²) in [6.07, 6.45) is 3.89. The summed E-state index contributed by atoms with van der Waals surface area (Å²) < 4.78 is 2.72. The van der Waals surface area contributed by atoms with Gasteiger partial charge in [0.15, 0.2) is 0 Å². The molecular weight excluding hydrogens is 330 g/mol. The van der Waals surface area contributed by atoms with E-state index < -0.39 is 0 Å². The quantitative estimate of drug-likeness (QED) is 0.304. The number of aromatic nitrogens is 1. The van der Waals surface area contributed by atoms with E-state index in [4.69, 9.17) is 0 Å². The molecule has 0 aliphatic carbocycles. The minimum atomic E-state index is 1.26. The van der Waals surface area contributed by atoms with Crippen LogP contribution in [0, 0.1) is 0 Å². The Kier molecular flexibility index (Phi) is 2.49. The Labute approximate surface area is 147 Å². The highest BCUT2D eigenvalue weighted by molar-refractivity contribution is 7.99. The molecule has 0 N–H and O–H groups in total. The lowest BCUT2D eigenvalue weighted by Crippen LogP contribution is -1.93. The van der Waals surface area contributed by atoms with Crippen LogP contribution in [-0.2, 0) is 0 Å². The zero-order chi connectivity index (χ0) is 15.7. The molecule has 0 bridgehead atoms. The Bertz CT molecular complexity index is 1280. The van der Waals surface area contributed by atoms with Crippen LogP contribution in [0.4, 0.5) is 0 Å². The highest BCUT2D eigenvalue weighted by Crippen LogP contribution is 2.51. The van der Waals surface area contributed by atoms with E-state index in [1.54, 1.807) is 0 Å². The fourth-order valence-corrected chi connectivity index (χ4v) is 6.02. The van der Waals surface area contributed by atoms with Gasteiger partial charge in [-0.1, -0.05) is 42.1 Å². The zero-order valence-electron chi connectivity index (χ0n) is 12.6. The first-order valence-corrected chi connectivity index (χ1v) is 9.53. The van der Waals surface area contributed by atoms with Crippen LogP contribution in [0.3, 0.4) is 0 Å². The molecule has 0 unspecified atom stereocenters. The third-order valence-electron chi connectivity index (χ3n) is 4.75. The minimum Gasteiger partial charge on any atom is -0.264 e. The maximum atomic E-state index is 4.37. The van der Waals surface area contributed by atoms with Crippen LogP contribution in [0.2, 0.25) is 0 Å². The number of thiophene rings is 1. The molecule has 3 heteroatoms. The van der Waals surface area contributed by atoms with Gasteiger partial charge in [-0.2, -0.15) is 0 Å². The first-order valence-electron chi connectivity index (χ1n) is 7.89. The highest BCUT2D eigenvalue weighted by Gasteiger charge is 2.21. The minimum absolute atomic E-state index is 1.26. The molecule has 6 rings (SSSR count). The molecular formula is C21H11NS2. The summed E-state index contributed by atoms with van der Waals surface area (Å²) in [4.78, 5) is 7.01. The van der Waals surface area contributed by atoms with E-state index in [2.05, 4.69) is 59.6 Å². The van der Waals surface area contributed by atoms with E-state index in [-0.39, 0.29) is 0 Å². The number of benzene rings is 3. The summed E-state index contributed by atoms with van der Waals surface area (Å²) >= 11 is 3.74. The third kappa shape index (κ3) is 1.58. The van der Waals surface area contributed by atoms with E-state index >= 15 is 0 Å². The molecule has 0 saturated heterocycles. The first kappa shape index (κ1) is 13.0. The lowest BCUT2D eigenvalue weighted by Gasteiger charge is -2.20. The number of rotatable bonds is 0. The van der Waals surface area contributed by atoms with Crippen molar-refractivity contribution in [3.63, 3.8) is 0 Å². The molecule has 1 nitrogen and oxygen atoms in total. The first-order chi connectivity index (χ1) is 11.9. The van der Waals surface area contributed by atoms with Gasteiger partial charge in [0.25, 0.3) is 0 Å². The second-order valence-electron chi connectivity index (χ2n) is 6.05. The SMILES string of the molecule is c1ccc2c(c1)sc1cc3c4c(cccc4c12)Sc1ccncc1-3. The molecule has 1 aliphatic heterocycles. The molecule has 1 aliphatic rings. The molecule has 5 aromatic rings. The lowest BCUT2D eigenvalue weighted by molar-refractivity contribution is 1.26. The Morgan fingerprint density at radius 2 is 1.62 bits per heavy atom. The van der Waals surface area contributed by atoms with Crippen molar-refractivity contribution in [2.75, 3.05) is 0 Å². The van der Waals surface area contributed by atoms with E-state index in [1.807, 2.05) is 35.5 Å². The van der Waals surface area contributed by atoms with Crippen LogP contribution in [0.15, 0.2) is 76.8 Å². The number of fused-ring (bicyclic) bond motifs is 6. The van der Waals surface area contributed by atoms with E-state index in [0.29, 0.717) is 0 Å². The molecule has 0 saturated carbocycles. The van der Waals surface area contributed by atoms with Crippen LogP contribution in [-0.4, -0.2) is 4.98 Å². The second kappa shape index (κ2) is 4.59. The van der Waals surface area contributed by atoms with Crippen molar-refractivity contribution in [2.45, 2.75) is 9.79 Å². The molecule has 0 atom stereocenters. The smallest absolute Gasteiger partial charge is 0.0368 e. The Morgan fingerprint density at radius 3 is 2.62 bits per heavy atom. The van der Waals surface area contributed by atoms with Gasteiger partial charge in [0.1, 0.15) is 0 Å². The Hall–Kier alpha value is -2.36. The Balaban J connectivity index is 1.91. The largest absolute Gasteiger partial charge is 0.264 e. The average Bonchev–Trinajstić information content (AvgIpc) is 3.00. The molecule has 3 aromatic carbocycles. The van der Waals surface area contributed by atoms with E-state index in [0.717, 1.165) is 0 Å². The van der Waals surface area contributed by atoms with Gasteiger partial charge < -0.3 is 0 Å². The predicted molar refractivity (Wildman–Crippen MR) is 104 cm³/mol. The zero-order valence-corrected chi connectivity index (χ0v) is 14.2. The van der Waals surface area contributed by atoms with Gasteiger partial charge in [-0.15, -0.1) is 11.3 Å². The molecule has 112 valence electrons. The van der Waals surface area contributed by atoms with Gasteiger partial charge in [0.2, 0.25) is 0 Å². The monoisotopic (exact) mass is 341 g/mol. The molecule has 0 fully saturated rings. The number of nitrogens with zero attached hydrogens (tertiary/aromatic N) is 1. The molecule has 0 amide bonds. The van der Waals surface area contributed by atoms with Crippen LogP contribution < -0.4 is 0 Å². The highest BCUT2D eigenvalue weighted by atomic mass is 32.2. The fraction of sp³-hybridized carbons (Fsp3) is 0. The van der Waals surface area contributed by atoms with Gasteiger partial charge in [-0.25, -0.2) is 0 Å². The predicted octanol–water partition coefficient (Wildman–Crippen LogP) is 6.73. The Morgan fingerprint density at radius 1 is 0.708 bits per heavy atom. The van der Waals surface area contributed by atoms with Crippen molar-refractivity contribution >= 4 is 54.0 Å². The van der Waals surface area contributed by atoms with E-state index in [1.165, 1.54) is 51.9 Å². The van der Waals surface area contributed by atoms with Crippen molar-refractivity contribution in [3.8, 4) is 11.1 Å². The normalized spacial score (nSPS) is 12.8. The number of pyridine rings is 1. The van der Waals surface area contributed by atoms with Crippen molar-refractivity contribution in [2.24, 2.45) is 0 Å². The van der Waals surface area contributed by atoms with E-state index in [9.17, 15) is 0 Å². The molecule has 24 heavy (non-hydrogen) atoms. The summed E-state index contributed by atoms with van der Waals surface area (Å²) in [6.45, 7) is 0. The van der Waals surface area contributed by atoms with Crippen molar-refractivity contribution < 1.29 is 0 Å². The van der Waals surface area contributed by atoms with Crippen LogP contribution in [0.1, 0.15) is 0 Å². The standard InChI is InChI=1S/C21H11NS2/c1-2-6-16-12(4-1)20-13-5-3-7-18-21(13)14(10-19(20)24-16)15-11-22-9-8-17(15)23-18/h1-11H. The van der Waals surface area contributed by atoms with Gasteiger partial charge in [-0.3, -0.25) is 4.98 Å². The maximum absolute atomic E-state index is 4.37. The van der Waals surface area contributed by atoms with Gasteiger partial charge in [0, 0.05) is 53.3 Å². The number of hydrogen-bond acceptors (Lipinski definition) is 3. The average molecular weight is 341 g/mol. The summed E-state index contributed by atoms with van der Waals surface area (Å²) in [6, 6.07) is 19.9. The van der Waals surface area contributed by atoms with Crippen LogP contribution >= 0.6 is 23.1 Å². The van der Waals surface area contributed by atoms with Crippen LogP contribution in [0.25, 0.3) is 42.1 Å². The summed E-state index contributed by atoms with van der Waals surface area (Å²) in [5.41, 5.74) is 2.58.